The Bertz CT molecular complexity index is 365. The summed E-state index contributed by atoms with van der Waals surface area (Å²) < 4.78 is 0. The number of hydrogen-bond donors (Lipinski definition) is 1. The lowest BCUT2D eigenvalue weighted by atomic mass is 10.0. The van der Waals surface area contributed by atoms with E-state index in [9.17, 15) is 0 Å². The van der Waals surface area contributed by atoms with Gasteiger partial charge in [0.25, 0.3) is 0 Å². The fraction of sp³-hybridized carbons (Fsp3) is 0.417. The Morgan fingerprint density at radius 3 is 3.00 bits per heavy atom. The standard InChI is InChI=1S/C12H14N2/c1-14-8-10-6-12(10)11-5-3-2-4-9(11)7-13/h2-5,10,12,14H,6,8H2,1H3. The largest absolute Gasteiger partial charge is 0.319 e. The minimum absolute atomic E-state index is 0.610. The van der Waals surface area contributed by atoms with E-state index in [2.05, 4.69) is 17.5 Å². The predicted molar refractivity (Wildman–Crippen MR) is 55.9 cm³/mol. The summed E-state index contributed by atoms with van der Waals surface area (Å²) in [7, 11) is 1.98. The molecule has 0 aromatic heterocycles. The average Bonchev–Trinajstić information content (AvgIpc) is 2.98. The number of rotatable bonds is 3. The van der Waals surface area contributed by atoms with Crippen LogP contribution in [0.3, 0.4) is 0 Å². The topological polar surface area (TPSA) is 35.8 Å². The molecule has 14 heavy (non-hydrogen) atoms. The molecule has 1 aliphatic rings. The van der Waals surface area contributed by atoms with Crippen LogP contribution in [0.5, 0.6) is 0 Å². The molecule has 1 saturated carbocycles. The number of nitriles is 1. The molecular weight excluding hydrogens is 172 g/mol. The van der Waals surface area contributed by atoms with Gasteiger partial charge in [-0.25, -0.2) is 0 Å². The number of nitrogens with zero attached hydrogens (tertiary/aromatic N) is 1. The van der Waals surface area contributed by atoms with Crippen molar-refractivity contribution in [2.75, 3.05) is 13.6 Å². The first-order valence-electron chi connectivity index (χ1n) is 5.00. The van der Waals surface area contributed by atoms with Gasteiger partial charge in [-0.2, -0.15) is 5.26 Å². The second kappa shape index (κ2) is 3.81. The molecule has 0 saturated heterocycles. The van der Waals surface area contributed by atoms with E-state index in [1.165, 1.54) is 12.0 Å². The predicted octanol–water partition coefficient (Wildman–Crippen LogP) is 1.88. The van der Waals surface area contributed by atoms with Crippen LogP contribution in [0.15, 0.2) is 24.3 Å². The first-order chi connectivity index (χ1) is 6.86. The van der Waals surface area contributed by atoms with Gasteiger partial charge >= 0.3 is 0 Å². The lowest BCUT2D eigenvalue weighted by molar-refractivity contribution is 0.698. The van der Waals surface area contributed by atoms with Crippen molar-refractivity contribution in [1.82, 2.24) is 5.32 Å². The van der Waals surface area contributed by atoms with Crippen LogP contribution in [0.25, 0.3) is 0 Å². The summed E-state index contributed by atoms with van der Waals surface area (Å²) in [4.78, 5) is 0. The summed E-state index contributed by atoms with van der Waals surface area (Å²) in [6.45, 7) is 1.06. The highest BCUT2D eigenvalue weighted by molar-refractivity contribution is 5.42. The number of nitrogens with one attached hydrogen (secondary N) is 1. The Hall–Kier alpha value is -1.33. The monoisotopic (exact) mass is 186 g/mol. The van der Waals surface area contributed by atoms with Crippen LogP contribution < -0.4 is 5.32 Å². The quantitative estimate of drug-likeness (QED) is 0.782. The molecule has 1 fully saturated rings. The molecule has 1 N–H and O–H groups in total. The molecule has 1 aromatic rings. The maximum Gasteiger partial charge on any atom is 0.0994 e. The third-order valence-corrected chi connectivity index (χ3v) is 2.87. The zero-order valence-corrected chi connectivity index (χ0v) is 8.33. The second-order valence-corrected chi connectivity index (χ2v) is 3.86. The molecule has 0 radical (unpaired) electrons. The van der Waals surface area contributed by atoms with Crippen molar-refractivity contribution in [2.24, 2.45) is 5.92 Å². The third-order valence-electron chi connectivity index (χ3n) is 2.87. The van der Waals surface area contributed by atoms with Crippen molar-refractivity contribution >= 4 is 0 Å². The molecule has 2 heteroatoms. The van der Waals surface area contributed by atoms with Crippen molar-refractivity contribution in [3.8, 4) is 6.07 Å². The van der Waals surface area contributed by atoms with Gasteiger partial charge in [-0.15, -0.1) is 0 Å². The average molecular weight is 186 g/mol. The molecule has 2 unspecified atom stereocenters. The molecule has 0 spiro atoms. The summed E-state index contributed by atoms with van der Waals surface area (Å²) in [5.74, 6) is 1.34. The van der Waals surface area contributed by atoms with Crippen LogP contribution in [-0.4, -0.2) is 13.6 Å². The smallest absolute Gasteiger partial charge is 0.0994 e. The van der Waals surface area contributed by atoms with Gasteiger partial charge in [-0.3, -0.25) is 0 Å². The summed E-state index contributed by atoms with van der Waals surface area (Å²) in [6, 6.07) is 10.2. The summed E-state index contributed by atoms with van der Waals surface area (Å²) in [5, 5.41) is 12.1. The molecule has 2 rings (SSSR count). The Labute approximate surface area is 84.6 Å². The van der Waals surface area contributed by atoms with Crippen LogP contribution >= 0.6 is 0 Å². The zero-order valence-electron chi connectivity index (χ0n) is 8.33. The highest BCUT2D eigenvalue weighted by Gasteiger charge is 2.38. The summed E-state index contributed by atoms with van der Waals surface area (Å²) in [6.07, 6.45) is 1.22. The van der Waals surface area contributed by atoms with E-state index in [4.69, 9.17) is 5.26 Å². The van der Waals surface area contributed by atoms with Crippen molar-refractivity contribution in [3.05, 3.63) is 35.4 Å². The molecule has 2 atom stereocenters. The normalized spacial score (nSPS) is 24.3. The summed E-state index contributed by atoms with van der Waals surface area (Å²) in [5.41, 5.74) is 2.08. The van der Waals surface area contributed by atoms with Crippen molar-refractivity contribution in [3.63, 3.8) is 0 Å². The van der Waals surface area contributed by atoms with Crippen LogP contribution in [-0.2, 0) is 0 Å². The second-order valence-electron chi connectivity index (χ2n) is 3.86. The molecule has 1 aliphatic carbocycles. The molecule has 0 heterocycles. The molecule has 72 valence electrons. The number of hydrogen-bond acceptors (Lipinski definition) is 2. The number of benzene rings is 1. The lowest BCUT2D eigenvalue weighted by Gasteiger charge is -2.02. The van der Waals surface area contributed by atoms with Gasteiger partial charge in [-0.1, -0.05) is 18.2 Å². The maximum absolute atomic E-state index is 8.95. The third kappa shape index (κ3) is 1.64. The van der Waals surface area contributed by atoms with Crippen LogP contribution in [0.2, 0.25) is 0 Å². The van der Waals surface area contributed by atoms with E-state index in [1.807, 2.05) is 25.2 Å². The Kier molecular flexibility index (Phi) is 2.51. The van der Waals surface area contributed by atoms with Gasteiger partial charge in [-0.05, 0) is 43.5 Å². The fourth-order valence-electron chi connectivity index (χ4n) is 2.04. The SMILES string of the molecule is CNCC1CC1c1ccccc1C#N. The molecular formula is C12H14N2. The first kappa shape index (κ1) is 9.23. The molecule has 1 aromatic carbocycles. The summed E-state index contributed by atoms with van der Waals surface area (Å²) >= 11 is 0. The van der Waals surface area contributed by atoms with Gasteiger partial charge in [0.2, 0.25) is 0 Å². The highest BCUT2D eigenvalue weighted by atomic mass is 14.8. The van der Waals surface area contributed by atoms with Gasteiger partial charge in [0, 0.05) is 0 Å². The van der Waals surface area contributed by atoms with Crippen LogP contribution in [0.1, 0.15) is 23.5 Å². The van der Waals surface area contributed by atoms with Gasteiger partial charge in [0.05, 0.1) is 11.6 Å². The van der Waals surface area contributed by atoms with Gasteiger partial charge in [0.1, 0.15) is 0 Å². The maximum atomic E-state index is 8.95. The van der Waals surface area contributed by atoms with E-state index >= 15 is 0 Å². The Morgan fingerprint density at radius 1 is 1.50 bits per heavy atom. The van der Waals surface area contributed by atoms with Crippen molar-refractivity contribution in [2.45, 2.75) is 12.3 Å². The molecule has 2 nitrogen and oxygen atoms in total. The fourth-order valence-corrected chi connectivity index (χ4v) is 2.04. The molecule has 0 amide bonds. The van der Waals surface area contributed by atoms with Crippen molar-refractivity contribution < 1.29 is 0 Å². The van der Waals surface area contributed by atoms with E-state index < -0.39 is 0 Å². The van der Waals surface area contributed by atoms with E-state index in [0.29, 0.717) is 5.92 Å². The van der Waals surface area contributed by atoms with Gasteiger partial charge < -0.3 is 5.32 Å². The Balaban J connectivity index is 2.15. The first-order valence-corrected chi connectivity index (χ1v) is 5.00. The minimum atomic E-state index is 0.610. The van der Waals surface area contributed by atoms with E-state index in [1.54, 1.807) is 0 Å². The molecule has 0 bridgehead atoms. The van der Waals surface area contributed by atoms with Crippen LogP contribution in [0.4, 0.5) is 0 Å². The molecule has 0 aliphatic heterocycles. The lowest BCUT2D eigenvalue weighted by Crippen LogP contribution is -2.10. The van der Waals surface area contributed by atoms with Crippen molar-refractivity contribution in [1.29, 1.82) is 5.26 Å². The zero-order chi connectivity index (χ0) is 9.97. The van der Waals surface area contributed by atoms with E-state index in [0.717, 1.165) is 18.0 Å². The Morgan fingerprint density at radius 2 is 2.29 bits per heavy atom. The van der Waals surface area contributed by atoms with Gasteiger partial charge in [0.15, 0.2) is 0 Å². The minimum Gasteiger partial charge on any atom is -0.319 e. The van der Waals surface area contributed by atoms with Crippen LogP contribution in [0, 0.1) is 17.2 Å². The highest BCUT2D eigenvalue weighted by Crippen LogP contribution is 2.47. The van der Waals surface area contributed by atoms with E-state index in [-0.39, 0.29) is 0 Å².